The van der Waals surface area contributed by atoms with Crippen LogP contribution in [0.5, 0.6) is 5.75 Å². The molecule has 6 heteroatoms. The lowest BCUT2D eigenvalue weighted by atomic mass is 10.3. The van der Waals surface area contributed by atoms with E-state index < -0.39 is 0 Å². The lowest BCUT2D eigenvalue weighted by Gasteiger charge is -2.01. The van der Waals surface area contributed by atoms with Crippen molar-refractivity contribution in [3.8, 4) is 5.75 Å². The molecular formula is C8H8BrClN2O2. The number of halogens is 2. The van der Waals surface area contributed by atoms with Crippen LogP contribution in [0.3, 0.4) is 0 Å². The lowest BCUT2D eigenvalue weighted by molar-refractivity contribution is 0.148. The van der Waals surface area contributed by atoms with Crippen LogP contribution in [-0.4, -0.2) is 18.6 Å². The molecule has 0 amide bonds. The third-order valence-electron chi connectivity index (χ3n) is 1.39. The van der Waals surface area contributed by atoms with E-state index in [4.69, 9.17) is 11.6 Å². The maximum absolute atomic E-state index is 9.33. The average molecular weight is 280 g/mol. The van der Waals surface area contributed by atoms with Gasteiger partial charge in [0.25, 0.3) is 0 Å². The Morgan fingerprint density at radius 1 is 1.64 bits per heavy atom. The summed E-state index contributed by atoms with van der Waals surface area (Å²) in [6.45, 7) is 0. The zero-order valence-electron chi connectivity index (χ0n) is 7.29. The Bertz CT molecular complexity index is 334. The van der Waals surface area contributed by atoms with Crippen LogP contribution in [0.1, 0.15) is 0 Å². The average Bonchev–Trinajstić information content (AvgIpc) is 2.14. The molecule has 0 fully saturated rings. The molecule has 76 valence electrons. The number of phenolic OH excluding ortho intramolecular Hbond substituents is 1. The van der Waals surface area contributed by atoms with Gasteiger partial charge in [0.05, 0.1) is 22.3 Å². The summed E-state index contributed by atoms with van der Waals surface area (Å²) in [5.74, 6) is 0.00492. The van der Waals surface area contributed by atoms with Gasteiger partial charge < -0.3 is 5.11 Å². The molecule has 14 heavy (non-hydrogen) atoms. The van der Waals surface area contributed by atoms with Crippen molar-refractivity contribution in [1.82, 2.24) is 5.48 Å². The standard InChI is InChI=1S/C8H8BrClN2O2/c1-14-12-4-11-5-2-6(9)8(13)7(10)3-5/h2-4,13H,1H3,(H,11,12). The molecule has 1 aromatic carbocycles. The quantitative estimate of drug-likeness (QED) is 0.508. The second kappa shape index (κ2) is 5.19. The third-order valence-corrected chi connectivity index (χ3v) is 2.28. The molecule has 0 aromatic heterocycles. The van der Waals surface area contributed by atoms with Crippen molar-refractivity contribution in [2.75, 3.05) is 7.11 Å². The van der Waals surface area contributed by atoms with E-state index in [0.29, 0.717) is 10.2 Å². The summed E-state index contributed by atoms with van der Waals surface area (Å²) in [5, 5.41) is 9.57. The first kappa shape index (κ1) is 11.3. The molecule has 1 aromatic rings. The maximum atomic E-state index is 9.33. The molecule has 0 aliphatic heterocycles. The first-order chi connectivity index (χ1) is 6.65. The van der Waals surface area contributed by atoms with Gasteiger partial charge in [-0.3, -0.25) is 10.3 Å². The van der Waals surface area contributed by atoms with Crippen LogP contribution >= 0.6 is 27.5 Å². The molecule has 0 radical (unpaired) electrons. The number of nitrogens with one attached hydrogen (secondary N) is 1. The summed E-state index contributed by atoms with van der Waals surface area (Å²) < 4.78 is 0.495. The van der Waals surface area contributed by atoms with Gasteiger partial charge in [0.2, 0.25) is 0 Å². The number of rotatable bonds is 3. The van der Waals surface area contributed by atoms with Gasteiger partial charge >= 0.3 is 0 Å². The smallest absolute Gasteiger partial charge is 0.148 e. The molecule has 0 aliphatic rings. The summed E-state index contributed by atoms with van der Waals surface area (Å²) in [4.78, 5) is 8.53. The molecule has 1 rings (SSSR count). The Kier molecular flexibility index (Phi) is 4.19. The second-order valence-corrected chi connectivity index (χ2v) is 3.60. The number of aromatic hydroxyl groups is 1. The Labute approximate surface area is 94.6 Å². The van der Waals surface area contributed by atoms with E-state index in [-0.39, 0.29) is 10.8 Å². The first-order valence-electron chi connectivity index (χ1n) is 3.64. The molecular weight excluding hydrogens is 271 g/mol. The van der Waals surface area contributed by atoms with E-state index in [1.165, 1.54) is 19.5 Å². The van der Waals surface area contributed by atoms with Gasteiger partial charge in [-0.1, -0.05) is 11.6 Å². The van der Waals surface area contributed by atoms with Crippen molar-refractivity contribution in [2.24, 2.45) is 4.99 Å². The van der Waals surface area contributed by atoms with Gasteiger partial charge in [-0.2, -0.15) is 0 Å². The van der Waals surface area contributed by atoms with Crippen molar-refractivity contribution in [3.63, 3.8) is 0 Å². The predicted molar refractivity (Wildman–Crippen MR) is 59.1 cm³/mol. The van der Waals surface area contributed by atoms with E-state index in [1.54, 1.807) is 6.07 Å². The second-order valence-electron chi connectivity index (χ2n) is 2.34. The van der Waals surface area contributed by atoms with Gasteiger partial charge in [-0.05, 0) is 28.1 Å². The first-order valence-corrected chi connectivity index (χ1v) is 4.81. The van der Waals surface area contributed by atoms with Crippen LogP contribution in [0.15, 0.2) is 21.6 Å². The highest BCUT2D eigenvalue weighted by atomic mass is 79.9. The number of hydrogen-bond acceptors (Lipinski definition) is 3. The minimum Gasteiger partial charge on any atom is -0.505 e. The monoisotopic (exact) mass is 278 g/mol. The van der Waals surface area contributed by atoms with E-state index in [0.717, 1.165) is 0 Å². The number of benzene rings is 1. The largest absolute Gasteiger partial charge is 0.505 e. The van der Waals surface area contributed by atoms with Crippen LogP contribution in [0, 0.1) is 0 Å². The molecule has 0 saturated carbocycles. The highest BCUT2D eigenvalue weighted by Gasteiger charge is 2.04. The number of hydroxylamine groups is 1. The fraction of sp³-hybridized carbons (Fsp3) is 0.125. The molecule has 0 atom stereocenters. The van der Waals surface area contributed by atoms with Crippen molar-refractivity contribution >= 4 is 39.6 Å². The number of nitrogens with zero attached hydrogens (tertiary/aromatic N) is 1. The Morgan fingerprint density at radius 2 is 2.36 bits per heavy atom. The fourth-order valence-corrected chi connectivity index (χ4v) is 1.56. The normalized spacial score (nSPS) is 10.8. The van der Waals surface area contributed by atoms with Crippen LogP contribution in [0.2, 0.25) is 5.02 Å². The summed E-state index contributed by atoms with van der Waals surface area (Å²) in [5.41, 5.74) is 3.04. The molecule has 2 N–H and O–H groups in total. The van der Waals surface area contributed by atoms with Crippen molar-refractivity contribution < 1.29 is 9.94 Å². The van der Waals surface area contributed by atoms with Crippen LogP contribution in [-0.2, 0) is 4.84 Å². The zero-order chi connectivity index (χ0) is 10.6. The highest BCUT2D eigenvalue weighted by molar-refractivity contribution is 9.10. The van der Waals surface area contributed by atoms with Crippen LogP contribution in [0.4, 0.5) is 5.69 Å². The van der Waals surface area contributed by atoms with Gasteiger partial charge in [0.1, 0.15) is 12.1 Å². The van der Waals surface area contributed by atoms with Crippen LogP contribution < -0.4 is 5.48 Å². The van der Waals surface area contributed by atoms with Gasteiger partial charge in [0, 0.05) is 0 Å². The Balaban J connectivity index is 2.89. The lowest BCUT2D eigenvalue weighted by Crippen LogP contribution is -2.07. The van der Waals surface area contributed by atoms with Crippen molar-refractivity contribution in [1.29, 1.82) is 0 Å². The Morgan fingerprint density at radius 3 is 2.93 bits per heavy atom. The van der Waals surface area contributed by atoms with E-state index in [9.17, 15) is 5.11 Å². The summed E-state index contributed by atoms with van der Waals surface area (Å²) in [6, 6.07) is 3.17. The van der Waals surface area contributed by atoms with E-state index in [2.05, 4.69) is 31.2 Å². The minimum atomic E-state index is 0.00492. The van der Waals surface area contributed by atoms with Crippen molar-refractivity contribution in [3.05, 3.63) is 21.6 Å². The molecule has 0 spiro atoms. The summed E-state index contributed by atoms with van der Waals surface area (Å²) >= 11 is 8.87. The predicted octanol–water partition coefficient (Wildman–Crippen LogP) is 2.62. The molecule has 4 nitrogen and oxygen atoms in total. The molecule has 0 saturated heterocycles. The molecule has 0 heterocycles. The SMILES string of the molecule is CONC=Nc1cc(Cl)c(O)c(Br)c1. The summed E-state index contributed by atoms with van der Waals surface area (Å²) in [6.07, 6.45) is 1.37. The molecule has 0 bridgehead atoms. The summed E-state index contributed by atoms with van der Waals surface area (Å²) in [7, 11) is 1.48. The Hall–Kier alpha value is -0.780. The molecule has 0 unspecified atom stereocenters. The van der Waals surface area contributed by atoms with Gasteiger partial charge in [-0.15, -0.1) is 0 Å². The van der Waals surface area contributed by atoms with Crippen LogP contribution in [0.25, 0.3) is 0 Å². The zero-order valence-corrected chi connectivity index (χ0v) is 9.63. The third kappa shape index (κ3) is 2.87. The van der Waals surface area contributed by atoms with E-state index in [1.807, 2.05) is 0 Å². The number of phenols is 1. The minimum absolute atomic E-state index is 0.00492. The van der Waals surface area contributed by atoms with Gasteiger partial charge in [0.15, 0.2) is 0 Å². The maximum Gasteiger partial charge on any atom is 0.148 e. The highest BCUT2D eigenvalue weighted by Crippen LogP contribution is 2.35. The molecule has 0 aliphatic carbocycles. The van der Waals surface area contributed by atoms with Crippen molar-refractivity contribution in [2.45, 2.75) is 0 Å². The number of aliphatic imine (C=N–C) groups is 1. The van der Waals surface area contributed by atoms with E-state index >= 15 is 0 Å². The number of hydrogen-bond donors (Lipinski definition) is 2. The van der Waals surface area contributed by atoms with Gasteiger partial charge in [-0.25, -0.2) is 4.99 Å². The topological polar surface area (TPSA) is 53.8 Å². The fourth-order valence-electron chi connectivity index (χ4n) is 0.780.